The molecule has 2 aliphatic rings. The minimum absolute atomic E-state index is 0.0630. The lowest BCUT2D eigenvalue weighted by Crippen LogP contribution is -2.34. The molecule has 3 aromatic carbocycles. The third-order valence-corrected chi connectivity index (χ3v) is 6.40. The Hall–Kier alpha value is -3.85. The van der Waals surface area contributed by atoms with Crippen LogP contribution in [0.5, 0.6) is 23.0 Å². The number of phosphoric acid groups is 1. The van der Waals surface area contributed by atoms with E-state index < -0.39 is 19.4 Å². The average Bonchev–Trinajstić information content (AvgIpc) is 3.10. The molecular formula is C25H22NO9P. The number of carbonyl (C=O) groups is 2. The van der Waals surface area contributed by atoms with Crippen molar-refractivity contribution in [3.05, 3.63) is 82.4 Å². The van der Waals surface area contributed by atoms with Crippen molar-refractivity contribution >= 4 is 19.7 Å². The zero-order valence-electron chi connectivity index (χ0n) is 19.3. The Morgan fingerprint density at radius 3 is 2.56 bits per heavy atom. The highest BCUT2D eigenvalue weighted by atomic mass is 31.2. The molecule has 1 unspecified atom stereocenters. The van der Waals surface area contributed by atoms with E-state index in [1.54, 1.807) is 42.5 Å². The maximum atomic E-state index is 13.0. The molecule has 11 heteroatoms. The first kappa shape index (κ1) is 23.9. The number of nitrogens with one attached hydrogen (secondary N) is 1. The summed E-state index contributed by atoms with van der Waals surface area (Å²) in [7, 11) is -4.84. The minimum atomic E-state index is -4.84. The first-order chi connectivity index (χ1) is 17.1. The lowest BCUT2D eigenvalue weighted by Gasteiger charge is -2.37. The fraction of sp³-hybridized carbons (Fsp3) is 0.200. The Kier molecular flexibility index (Phi) is 5.75. The summed E-state index contributed by atoms with van der Waals surface area (Å²) in [4.78, 5) is 43.3. The van der Waals surface area contributed by atoms with E-state index >= 15 is 0 Å². The molecule has 0 bridgehead atoms. The van der Waals surface area contributed by atoms with Crippen LogP contribution in [0.15, 0.2) is 54.6 Å². The van der Waals surface area contributed by atoms with E-state index in [-0.39, 0.29) is 24.0 Å². The predicted octanol–water partition coefficient (Wildman–Crippen LogP) is 3.76. The van der Waals surface area contributed by atoms with Crippen molar-refractivity contribution in [1.82, 2.24) is 5.32 Å². The van der Waals surface area contributed by atoms with Crippen molar-refractivity contribution in [3.8, 4) is 23.0 Å². The highest BCUT2D eigenvalue weighted by Gasteiger charge is 2.54. The standard InChI is InChI=1S/C25H22NO9P/c1-3-32-21-11-10-20-23(17(21)13-26-14(2)27)33-22-12-15(35-36(29,30)31)8-9-19(22)25(20)18-7-5-4-6-16(18)24(28)34-25/h4-12H,3,13H2,1-2H3,(H,26,27)(H2,29,30,31). The molecule has 0 saturated heterocycles. The second-order valence-electron chi connectivity index (χ2n) is 8.22. The van der Waals surface area contributed by atoms with Gasteiger partial charge in [-0.2, -0.15) is 0 Å². The number of phosphoric ester groups is 1. The van der Waals surface area contributed by atoms with Crippen LogP contribution < -0.4 is 19.3 Å². The normalized spacial score (nSPS) is 17.4. The Balaban J connectivity index is 1.79. The highest BCUT2D eigenvalue weighted by molar-refractivity contribution is 7.46. The van der Waals surface area contributed by atoms with E-state index in [4.69, 9.17) is 18.7 Å². The van der Waals surface area contributed by atoms with Crippen molar-refractivity contribution < 1.29 is 42.7 Å². The maximum Gasteiger partial charge on any atom is 0.524 e. The van der Waals surface area contributed by atoms with Gasteiger partial charge in [0.25, 0.3) is 0 Å². The third kappa shape index (κ3) is 3.89. The molecule has 1 spiro atoms. The summed E-state index contributed by atoms with van der Waals surface area (Å²) in [5.41, 5.74) is 1.02. The number of benzene rings is 3. The Morgan fingerprint density at radius 1 is 1.08 bits per heavy atom. The molecule has 2 aliphatic heterocycles. The zero-order valence-corrected chi connectivity index (χ0v) is 20.2. The van der Waals surface area contributed by atoms with Crippen LogP contribution in [0.3, 0.4) is 0 Å². The lowest BCUT2D eigenvalue weighted by molar-refractivity contribution is -0.119. The summed E-state index contributed by atoms with van der Waals surface area (Å²) in [6.45, 7) is 3.62. The number of fused-ring (bicyclic) bond motifs is 6. The summed E-state index contributed by atoms with van der Waals surface area (Å²) in [5, 5.41) is 2.75. The number of carbonyl (C=O) groups excluding carboxylic acids is 2. The molecule has 0 saturated carbocycles. The molecule has 3 N–H and O–H groups in total. The van der Waals surface area contributed by atoms with Gasteiger partial charge < -0.3 is 24.1 Å². The van der Waals surface area contributed by atoms with Gasteiger partial charge in [-0.15, -0.1) is 0 Å². The molecule has 0 fully saturated rings. The molecule has 1 amide bonds. The van der Waals surface area contributed by atoms with Crippen LogP contribution in [-0.4, -0.2) is 28.3 Å². The maximum absolute atomic E-state index is 13.0. The van der Waals surface area contributed by atoms with Gasteiger partial charge >= 0.3 is 13.8 Å². The van der Waals surface area contributed by atoms with Crippen LogP contribution in [0.25, 0.3) is 0 Å². The van der Waals surface area contributed by atoms with Gasteiger partial charge in [-0.3, -0.25) is 14.6 Å². The Morgan fingerprint density at radius 2 is 1.83 bits per heavy atom. The average molecular weight is 511 g/mol. The molecule has 0 aliphatic carbocycles. The zero-order chi connectivity index (χ0) is 25.7. The largest absolute Gasteiger partial charge is 0.524 e. The van der Waals surface area contributed by atoms with Gasteiger partial charge in [0.1, 0.15) is 23.0 Å². The van der Waals surface area contributed by atoms with E-state index in [0.717, 1.165) is 0 Å². The van der Waals surface area contributed by atoms with Crippen molar-refractivity contribution in [3.63, 3.8) is 0 Å². The van der Waals surface area contributed by atoms with Crippen LogP contribution in [-0.2, 0) is 26.2 Å². The lowest BCUT2D eigenvalue weighted by atomic mass is 9.77. The summed E-state index contributed by atoms with van der Waals surface area (Å²) >= 11 is 0. The minimum Gasteiger partial charge on any atom is -0.493 e. The predicted molar refractivity (Wildman–Crippen MR) is 126 cm³/mol. The summed E-state index contributed by atoms with van der Waals surface area (Å²) in [6.07, 6.45) is 0. The van der Waals surface area contributed by atoms with Gasteiger partial charge in [0, 0.05) is 29.7 Å². The Labute approximate surface area is 206 Å². The molecule has 36 heavy (non-hydrogen) atoms. The first-order valence-corrected chi connectivity index (χ1v) is 12.6. The second-order valence-corrected chi connectivity index (χ2v) is 9.38. The van der Waals surface area contributed by atoms with Crippen LogP contribution in [0.4, 0.5) is 0 Å². The summed E-state index contributed by atoms with van der Waals surface area (Å²) in [5.74, 6) is -0.0182. The number of amides is 1. The van der Waals surface area contributed by atoms with Crippen LogP contribution in [0.2, 0.25) is 0 Å². The van der Waals surface area contributed by atoms with Gasteiger partial charge in [-0.25, -0.2) is 9.36 Å². The molecular weight excluding hydrogens is 489 g/mol. The van der Waals surface area contributed by atoms with Crippen LogP contribution in [0, 0.1) is 0 Å². The molecule has 2 heterocycles. The van der Waals surface area contributed by atoms with Crippen molar-refractivity contribution in [2.45, 2.75) is 26.0 Å². The molecule has 1 atom stereocenters. The van der Waals surface area contributed by atoms with E-state index in [2.05, 4.69) is 5.32 Å². The van der Waals surface area contributed by atoms with E-state index in [1.165, 1.54) is 19.1 Å². The fourth-order valence-corrected chi connectivity index (χ4v) is 5.01. The molecule has 5 rings (SSSR count). The summed E-state index contributed by atoms with van der Waals surface area (Å²) < 4.78 is 34.4. The van der Waals surface area contributed by atoms with E-state index in [9.17, 15) is 23.9 Å². The molecule has 10 nitrogen and oxygen atoms in total. The van der Waals surface area contributed by atoms with Gasteiger partial charge in [-0.05, 0) is 37.3 Å². The number of esters is 1. The second kappa shape index (κ2) is 8.67. The van der Waals surface area contributed by atoms with Crippen molar-refractivity contribution in [2.24, 2.45) is 0 Å². The van der Waals surface area contributed by atoms with Gasteiger partial charge in [0.2, 0.25) is 5.91 Å². The third-order valence-electron chi connectivity index (χ3n) is 5.95. The number of hydrogen-bond acceptors (Lipinski definition) is 7. The molecule has 0 aromatic heterocycles. The summed E-state index contributed by atoms with van der Waals surface area (Å²) in [6, 6.07) is 14.7. The van der Waals surface area contributed by atoms with Gasteiger partial charge in [0.15, 0.2) is 5.60 Å². The number of hydrogen-bond donors (Lipinski definition) is 3. The van der Waals surface area contributed by atoms with E-state index in [1.807, 2.05) is 6.92 Å². The topological polar surface area (TPSA) is 141 Å². The molecule has 186 valence electrons. The van der Waals surface area contributed by atoms with E-state index in [0.29, 0.717) is 45.9 Å². The molecule has 0 radical (unpaired) electrons. The fourth-order valence-electron chi connectivity index (χ4n) is 4.62. The van der Waals surface area contributed by atoms with Gasteiger partial charge in [-0.1, -0.05) is 18.2 Å². The number of rotatable bonds is 6. The smallest absolute Gasteiger partial charge is 0.493 e. The number of ether oxygens (including phenoxy) is 3. The van der Waals surface area contributed by atoms with Crippen LogP contribution in [0.1, 0.15) is 46.5 Å². The van der Waals surface area contributed by atoms with Crippen molar-refractivity contribution in [1.29, 1.82) is 0 Å². The van der Waals surface area contributed by atoms with Crippen LogP contribution >= 0.6 is 7.82 Å². The van der Waals surface area contributed by atoms with Gasteiger partial charge in [0.05, 0.1) is 24.3 Å². The quantitative estimate of drug-likeness (QED) is 0.333. The first-order valence-electron chi connectivity index (χ1n) is 11.1. The Bertz CT molecular complexity index is 1450. The highest BCUT2D eigenvalue weighted by Crippen LogP contribution is 2.58. The molecule has 3 aromatic rings. The van der Waals surface area contributed by atoms with Crippen molar-refractivity contribution in [2.75, 3.05) is 6.61 Å². The monoisotopic (exact) mass is 511 g/mol. The SMILES string of the molecule is CCOc1ccc2c(c1CNC(C)=O)Oc1cc(OP(=O)(O)O)ccc1C21OC(=O)c2ccccc21.